The first kappa shape index (κ1) is 4.09. The second-order valence-electron chi connectivity index (χ2n) is 1.49. The maximum Gasteiger partial charge on any atom is 0.108 e. The van der Waals surface area contributed by atoms with Gasteiger partial charge in [0.05, 0.1) is 6.54 Å². The first-order valence-corrected chi connectivity index (χ1v) is 2.20. The highest BCUT2D eigenvalue weighted by molar-refractivity contribution is 4.30. The molecule has 0 saturated carbocycles. The van der Waals surface area contributed by atoms with Crippen LogP contribution in [0.25, 0.3) is 0 Å². The molecule has 1 rings (SSSR count). The van der Waals surface area contributed by atoms with E-state index in [2.05, 4.69) is 7.05 Å². The number of rotatable bonds is 0. The van der Waals surface area contributed by atoms with Gasteiger partial charge in [0.15, 0.2) is 0 Å². The lowest BCUT2D eigenvalue weighted by Gasteiger charge is -2.05. The van der Waals surface area contributed by atoms with Crippen molar-refractivity contribution in [2.45, 2.75) is 6.42 Å². The van der Waals surface area contributed by atoms with Crippen molar-refractivity contribution in [2.75, 3.05) is 13.2 Å². The Bertz CT molecular complexity index is 40.8. The third kappa shape index (κ3) is 0.698. The molecule has 1 saturated heterocycles. The van der Waals surface area contributed by atoms with E-state index in [-0.39, 0.29) is 0 Å². The third-order valence-corrected chi connectivity index (χ3v) is 0.906. The van der Waals surface area contributed by atoms with Crippen LogP contribution in [0.2, 0.25) is 0 Å². The van der Waals surface area contributed by atoms with Crippen molar-refractivity contribution in [3.8, 4) is 0 Å². The molecule has 1 aliphatic rings. The summed E-state index contributed by atoms with van der Waals surface area (Å²) in [5.74, 6) is 0. The average molecular weight is 87.1 g/mol. The molecule has 1 fully saturated rings. The molecule has 0 aliphatic carbocycles. The predicted molar refractivity (Wildman–Crippen MR) is 21.8 cm³/mol. The summed E-state index contributed by atoms with van der Waals surface area (Å²) < 4.78 is 0. The number of hydrogen-bond acceptors (Lipinski definition) is 1. The summed E-state index contributed by atoms with van der Waals surface area (Å²) in [6, 6.07) is 0. The summed E-state index contributed by atoms with van der Waals surface area (Å²) in [6.45, 7) is 1.96. The lowest BCUT2D eigenvalue weighted by molar-refractivity contribution is -1.04. The van der Waals surface area contributed by atoms with E-state index in [9.17, 15) is 0 Å². The van der Waals surface area contributed by atoms with Gasteiger partial charge >= 0.3 is 0 Å². The minimum atomic E-state index is 0.888. The van der Waals surface area contributed by atoms with E-state index in [1.54, 1.807) is 0 Å². The molecule has 0 aromatic rings. The van der Waals surface area contributed by atoms with Crippen molar-refractivity contribution >= 4 is 0 Å². The van der Waals surface area contributed by atoms with Gasteiger partial charge in [0.1, 0.15) is 6.61 Å². The normalized spacial score (nSPS) is 34.5. The summed E-state index contributed by atoms with van der Waals surface area (Å²) in [5.41, 5.74) is 0. The zero-order chi connectivity index (χ0) is 4.41. The van der Waals surface area contributed by atoms with Crippen LogP contribution >= 0.6 is 0 Å². The predicted octanol–water partition coefficient (Wildman–Crippen LogP) is -1.00. The molecule has 1 N–H and O–H groups in total. The Labute approximate surface area is 37.7 Å². The third-order valence-electron chi connectivity index (χ3n) is 0.906. The Morgan fingerprint density at radius 3 is 2.67 bits per heavy atom. The maximum absolute atomic E-state index is 4.96. The number of hydrogen-bond donors (Lipinski definition) is 1. The van der Waals surface area contributed by atoms with Crippen LogP contribution in [0.5, 0.6) is 0 Å². The molecule has 1 aliphatic heterocycles. The largest absolute Gasteiger partial charge is 0.319 e. The van der Waals surface area contributed by atoms with Gasteiger partial charge in [-0.2, -0.15) is 0 Å². The molecule has 0 spiro atoms. The molecule has 0 bridgehead atoms. The van der Waals surface area contributed by atoms with Crippen molar-refractivity contribution in [3.63, 3.8) is 0 Å². The van der Waals surface area contributed by atoms with E-state index in [1.807, 2.05) is 0 Å². The van der Waals surface area contributed by atoms with Crippen LogP contribution in [0.15, 0.2) is 0 Å². The smallest absolute Gasteiger partial charge is 0.108 e. The molecule has 0 aromatic heterocycles. The van der Waals surface area contributed by atoms with Gasteiger partial charge in [0.25, 0.3) is 0 Å². The van der Waals surface area contributed by atoms with Crippen molar-refractivity contribution in [2.24, 2.45) is 0 Å². The van der Waals surface area contributed by atoms with Gasteiger partial charge in [-0.05, 0) is 0 Å². The molecule has 2 heteroatoms. The van der Waals surface area contributed by atoms with Gasteiger partial charge in [-0.25, -0.2) is 4.84 Å². The highest BCUT2D eigenvalue weighted by Crippen LogP contribution is 1.77. The zero-order valence-corrected chi connectivity index (χ0v) is 3.74. The fraction of sp³-hybridized carbons (Fsp3) is 0.750. The van der Waals surface area contributed by atoms with Gasteiger partial charge in [-0.3, -0.25) is 0 Å². The quantitative estimate of drug-likeness (QED) is 0.374. The Morgan fingerprint density at radius 2 is 2.50 bits per heavy atom. The average Bonchev–Trinajstić information content (AvgIpc) is 1.86. The Balaban J connectivity index is 2.18. The van der Waals surface area contributed by atoms with E-state index in [1.165, 1.54) is 6.42 Å². The van der Waals surface area contributed by atoms with Crippen LogP contribution < -0.4 is 5.06 Å². The van der Waals surface area contributed by atoms with Gasteiger partial charge in [0.2, 0.25) is 0 Å². The van der Waals surface area contributed by atoms with E-state index >= 15 is 0 Å². The van der Waals surface area contributed by atoms with Gasteiger partial charge in [-0.1, -0.05) is 0 Å². The molecule has 6 heavy (non-hydrogen) atoms. The standard InChI is InChI=1S/C4H9NO/c1-5-3-2-4-6-5/h5H,1-4H2. The summed E-state index contributed by atoms with van der Waals surface area (Å²) >= 11 is 0. The van der Waals surface area contributed by atoms with Gasteiger partial charge in [0, 0.05) is 6.42 Å². The lowest BCUT2D eigenvalue weighted by atomic mass is 10.5. The van der Waals surface area contributed by atoms with Crippen LogP contribution in [0.4, 0.5) is 0 Å². The van der Waals surface area contributed by atoms with E-state index in [4.69, 9.17) is 4.84 Å². The van der Waals surface area contributed by atoms with Crippen molar-refractivity contribution < 1.29 is 9.90 Å². The molecular weight excluding hydrogens is 78.0 g/mol. The topological polar surface area (TPSA) is 13.7 Å². The molecule has 0 amide bonds. The van der Waals surface area contributed by atoms with Gasteiger partial charge < -0.3 is 5.06 Å². The maximum atomic E-state index is 4.96. The molecule has 0 aromatic carbocycles. The molecule has 1 heterocycles. The highest BCUT2D eigenvalue weighted by Gasteiger charge is 2.04. The van der Waals surface area contributed by atoms with Crippen molar-refractivity contribution in [1.82, 2.24) is 0 Å². The SMILES string of the molecule is [CH2-][NH+]1CCCO1. The second kappa shape index (κ2) is 1.58. The van der Waals surface area contributed by atoms with Crippen molar-refractivity contribution in [3.05, 3.63) is 7.05 Å². The second-order valence-corrected chi connectivity index (χ2v) is 1.49. The zero-order valence-electron chi connectivity index (χ0n) is 3.74. The molecule has 1 atom stereocenters. The Hall–Kier alpha value is -0.0800. The minimum absolute atomic E-state index is 0.888. The first-order valence-electron chi connectivity index (χ1n) is 2.20. The summed E-state index contributed by atoms with van der Waals surface area (Å²) in [4.78, 5) is 4.96. The molecule has 0 radical (unpaired) electrons. The van der Waals surface area contributed by atoms with E-state index in [0.717, 1.165) is 18.2 Å². The van der Waals surface area contributed by atoms with E-state index < -0.39 is 0 Å². The summed E-state index contributed by atoms with van der Waals surface area (Å²) in [7, 11) is 3.63. The molecule has 2 nitrogen and oxygen atoms in total. The first-order chi connectivity index (χ1) is 2.89. The van der Waals surface area contributed by atoms with Crippen LogP contribution in [-0.2, 0) is 4.84 Å². The monoisotopic (exact) mass is 87.1 g/mol. The van der Waals surface area contributed by atoms with Crippen LogP contribution in [-0.4, -0.2) is 13.2 Å². The molecule has 1 unspecified atom stereocenters. The summed E-state index contributed by atoms with van der Waals surface area (Å²) in [5, 5.41) is 0.954. The molecule has 36 valence electrons. The van der Waals surface area contributed by atoms with E-state index in [0.29, 0.717) is 0 Å². The van der Waals surface area contributed by atoms with Crippen LogP contribution in [0.1, 0.15) is 6.42 Å². The fourth-order valence-electron chi connectivity index (χ4n) is 0.558. The lowest BCUT2D eigenvalue weighted by Crippen LogP contribution is -3.03. The van der Waals surface area contributed by atoms with Crippen molar-refractivity contribution in [1.29, 1.82) is 0 Å². The highest BCUT2D eigenvalue weighted by atomic mass is 16.7. The number of quaternary nitrogens is 1. The number of hydroxylamine groups is 2. The Morgan fingerprint density at radius 1 is 1.67 bits per heavy atom. The van der Waals surface area contributed by atoms with Gasteiger partial charge in [-0.15, -0.1) is 7.05 Å². The number of nitrogens with one attached hydrogen (secondary N) is 1. The Kier molecular flexibility index (Phi) is 1.08. The minimum Gasteiger partial charge on any atom is -0.319 e. The van der Waals surface area contributed by atoms with Crippen LogP contribution in [0, 0.1) is 7.05 Å². The molecular formula is C4H9NO. The van der Waals surface area contributed by atoms with Crippen LogP contribution in [0.3, 0.4) is 0 Å². The fourth-order valence-corrected chi connectivity index (χ4v) is 0.558. The summed E-state index contributed by atoms with van der Waals surface area (Å²) in [6.07, 6.45) is 1.17.